The van der Waals surface area contributed by atoms with Crippen molar-refractivity contribution in [3.8, 4) is 33.4 Å². The first-order valence-corrected chi connectivity index (χ1v) is 25.5. The molecule has 0 bridgehead atoms. The standard InChI is InChI=1S/C66H46N2S2/c1-43-37-53(67(49-19-5-3-6-20-49)51-23-15-17-45(39-51)47-31-34-58-56-26-11-13-29-62(56)69-64(58)41-47)33-36-54(43)66-44(2)38-61(55-25-9-10-28-60(55)66)68(50-21-7-4-8-22-50)52-24-16-18-46(40-52)48-32-35-59-57-27-12-14-30-63(57)70-65(59)42-48/h3-42H,1-2H3. The zero-order chi connectivity index (χ0) is 46.7. The highest BCUT2D eigenvalue weighted by Crippen LogP contribution is 2.47. The minimum atomic E-state index is 1.11. The largest absolute Gasteiger partial charge is 0.310 e. The second-order valence-electron chi connectivity index (χ2n) is 18.2. The molecular formula is C66H46N2S2. The number of fused-ring (bicyclic) bond motifs is 7. The van der Waals surface area contributed by atoms with Crippen LogP contribution in [0.1, 0.15) is 11.1 Å². The summed E-state index contributed by atoms with van der Waals surface area (Å²) in [5.74, 6) is 0. The Hall–Kier alpha value is -8.28. The van der Waals surface area contributed by atoms with Gasteiger partial charge in [-0.1, -0.05) is 152 Å². The van der Waals surface area contributed by atoms with E-state index >= 15 is 0 Å². The highest BCUT2D eigenvalue weighted by Gasteiger charge is 2.22. The lowest BCUT2D eigenvalue weighted by molar-refractivity contribution is 1.27. The van der Waals surface area contributed by atoms with Crippen molar-refractivity contribution in [1.82, 2.24) is 0 Å². The summed E-state index contributed by atoms with van der Waals surface area (Å²) >= 11 is 3.73. The van der Waals surface area contributed by atoms with Crippen molar-refractivity contribution in [2.75, 3.05) is 9.80 Å². The molecule has 0 radical (unpaired) electrons. The molecule has 13 rings (SSSR count). The summed E-state index contributed by atoms with van der Waals surface area (Å²) in [6, 6.07) is 89.2. The van der Waals surface area contributed by atoms with E-state index < -0.39 is 0 Å². The lowest BCUT2D eigenvalue weighted by Gasteiger charge is -2.29. The monoisotopic (exact) mass is 930 g/mol. The van der Waals surface area contributed by atoms with Crippen LogP contribution >= 0.6 is 22.7 Å². The maximum atomic E-state index is 2.43. The van der Waals surface area contributed by atoms with E-state index in [2.05, 4.69) is 266 Å². The number of hydrogen-bond donors (Lipinski definition) is 0. The number of nitrogens with zero attached hydrogens (tertiary/aromatic N) is 2. The molecule has 0 saturated carbocycles. The Kier molecular flexibility index (Phi) is 10.4. The minimum absolute atomic E-state index is 1.11. The van der Waals surface area contributed by atoms with Crippen molar-refractivity contribution in [3.05, 3.63) is 254 Å². The van der Waals surface area contributed by atoms with Crippen LogP contribution in [0.5, 0.6) is 0 Å². The summed E-state index contributed by atoms with van der Waals surface area (Å²) in [6.07, 6.45) is 0. The second kappa shape index (κ2) is 17.4. The average molecular weight is 931 g/mol. The predicted octanol–water partition coefficient (Wildman–Crippen LogP) is 20.1. The highest BCUT2D eigenvalue weighted by atomic mass is 32.1. The summed E-state index contributed by atoms with van der Waals surface area (Å²) in [4.78, 5) is 4.82. The van der Waals surface area contributed by atoms with Crippen LogP contribution in [0.3, 0.4) is 0 Å². The molecule has 332 valence electrons. The van der Waals surface area contributed by atoms with Gasteiger partial charge in [0, 0.05) is 74.2 Å². The summed E-state index contributed by atoms with van der Waals surface area (Å²) in [5.41, 5.74) is 16.5. The Morgan fingerprint density at radius 3 is 1.29 bits per heavy atom. The van der Waals surface area contributed by atoms with Crippen LogP contribution in [-0.4, -0.2) is 0 Å². The van der Waals surface area contributed by atoms with E-state index in [4.69, 9.17) is 0 Å². The maximum absolute atomic E-state index is 2.43. The van der Waals surface area contributed by atoms with Gasteiger partial charge in [-0.25, -0.2) is 0 Å². The van der Waals surface area contributed by atoms with Crippen molar-refractivity contribution >= 4 is 108 Å². The molecule has 0 spiro atoms. The predicted molar refractivity (Wildman–Crippen MR) is 305 cm³/mol. The highest BCUT2D eigenvalue weighted by molar-refractivity contribution is 7.26. The van der Waals surface area contributed by atoms with Crippen molar-refractivity contribution in [1.29, 1.82) is 0 Å². The molecule has 0 saturated heterocycles. The van der Waals surface area contributed by atoms with Crippen LogP contribution in [0.4, 0.5) is 34.1 Å². The Bertz CT molecular complexity index is 4110. The van der Waals surface area contributed by atoms with Gasteiger partial charge in [-0.2, -0.15) is 0 Å². The number of para-hydroxylation sites is 2. The first kappa shape index (κ1) is 41.9. The van der Waals surface area contributed by atoms with E-state index in [0.29, 0.717) is 0 Å². The first-order valence-electron chi connectivity index (χ1n) is 23.9. The van der Waals surface area contributed by atoms with Gasteiger partial charge in [0.15, 0.2) is 0 Å². The zero-order valence-electron chi connectivity index (χ0n) is 38.8. The van der Waals surface area contributed by atoms with E-state index in [1.165, 1.54) is 95.6 Å². The molecule has 2 nitrogen and oxygen atoms in total. The molecule has 4 heteroatoms. The van der Waals surface area contributed by atoms with Gasteiger partial charge in [0.2, 0.25) is 0 Å². The summed E-state index contributed by atoms with van der Waals surface area (Å²) in [7, 11) is 0. The summed E-state index contributed by atoms with van der Waals surface area (Å²) < 4.78 is 5.27. The van der Waals surface area contributed by atoms with Crippen molar-refractivity contribution < 1.29 is 0 Å². The zero-order valence-corrected chi connectivity index (χ0v) is 40.4. The van der Waals surface area contributed by atoms with Gasteiger partial charge in [0.05, 0.1) is 5.69 Å². The molecule has 2 heterocycles. The molecule has 0 fully saturated rings. The molecule has 0 amide bonds. The Labute approximate surface area is 416 Å². The van der Waals surface area contributed by atoms with Crippen LogP contribution in [-0.2, 0) is 0 Å². The number of anilines is 6. The number of thiophene rings is 2. The Morgan fingerprint density at radius 2 is 0.714 bits per heavy atom. The second-order valence-corrected chi connectivity index (χ2v) is 20.4. The van der Waals surface area contributed by atoms with E-state index in [-0.39, 0.29) is 0 Å². The van der Waals surface area contributed by atoms with Crippen molar-refractivity contribution in [3.63, 3.8) is 0 Å². The smallest absolute Gasteiger partial charge is 0.0543 e. The van der Waals surface area contributed by atoms with Crippen LogP contribution in [0, 0.1) is 13.8 Å². The lowest BCUT2D eigenvalue weighted by Crippen LogP contribution is -2.11. The molecule has 0 aliphatic rings. The first-order chi connectivity index (χ1) is 34.5. The molecule has 2 aromatic heterocycles. The van der Waals surface area contributed by atoms with Gasteiger partial charge in [0.25, 0.3) is 0 Å². The summed E-state index contributed by atoms with van der Waals surface area (Å²) in [5, 5.41) is 7.70. The molecule has 70 heavy (non-hydrogen) atoms. The molecule has 0 aliphatic heterocycles. The van der Waals surface area contributed by atoms with Crippen molar-refractivity contribution in [2.24, 2.45) is 0 Å². The van der Waals surface area contributed by atoms with E-state index in [9.17, 15) is 0 Å². The SMILES string of the molecule is Cc1cc(N(c2ccccc2)c2cccc(-c3ccc4c(c3)sc3ccccc34)c2)ccc1-c1c(C)cc(N(c2ccccc2)c2cccc(-c3ccc4c(c3)sc3ccccc34)c2)c2ccccc12. The number of rotatable bonds is 9. The number of benzene rings is 11. The van der Waals surface area contributed by atoms with Crippen LogP contribution in [0.25, 0.3) is 84.5 Å². The summed E-state index contributed by atoms with van der Waals surface area (Å²) in [6.45, 7) is 4.54. The number of hydrogen-bond acceptors (Lipinski definition) is 4. The quantitative estimate of drug-likeness (QED) is 0.142. The van der Waals surface area contributed by atoms with Crippen LogP contribution in [0.2, 0.25) is 0 Å². The fourth-order valence-electron chi connectivity index (χ4n) is 10.6. The fourth-order valence-corrected chi connectivity index (χ4v) is 12.9. The molecule has 0 atom stereocenters. The molecule has 13 aromatic rings. The normalized spacial score (nSPS) is 11.6. The van der Waals surface area contributed by atoms with E-state index in [0.717, 1.165) is 34.1 Å². The maximum Gasteiger partial charge on any atom is 0.0543 e. The van der Waals surface area contributed by atoms with Gasteiger partial charge in [-0.3, -0.25) is 0 Å². The third-order valence-corrected chi connectivity index (χ3v) is 16.1. The average Bonchev–Trinajstić information content (AvgIpc) is 3.98. The molecular weight excluding hydrogens is 885 g/mol. The molecule has 11 aromatic carbocycles. The van der Waals surface area contributed by atoms with E-state index in [1.807, 2.05) is 22.7 Å². The minimum Gasteiger partial charge on any atom is -0.310 e. The fraction of sp³-hybridized carbons (Fsp3) is 0.0303. The molecule has 0 N–H and O–H groups in total. The van der Waals surface area contributed by atoms with Crippen LogP contribution < -0.4 is 9.80 Å². The topological polar surface area (TPSA) is 6.48 Å². The Morgan fingerprint density at radius 1 is 0.271 bits per heavy atom. The van der Waals surface area contributed by atoms with Gasteiger partial charge in [0.1, 0.15) is 0 Å². The molecule has 0 aliphatic carbocycles. The van der Waals surface area contributed by atoms with Gasteiger partial charge < -0.3 is 9.80 Å². The third kappa shape index (κ3) is 7.32. The molecule has 0 unspecified atom stereocenters. The van der Waals surface area contributed by atoms with Crippen molar-refractivity contribution in [2.45, 2.75) is 13.8 Å². The van der Waals surface area contributed by atoms with E-state index in [1.54, 1.807) is 0 Å². The van der Waals surface area contributed by atoms with Gasteiger partial charge >= 0.3 is 0 Å². The lowest BCUT2D eigenvalue weighted by atomic mass is 9.89. The van der Waals surface area contributed by atoms with Gasteiger partial charge in [-0.15, -0.1) is 22.7 Å². The third-order valence-electron chi connectivity index (χ3n) is 13.9. The number of aryl methyl sites for hydroxylation is 2. The Balaban J connectivity index is 0.893. The van der Waals surface area contributed by atoms with Gasteiger partial charge in [-0.05, 0) is 155 Å². The van der Waals surface area contributed by atoms with Crippen LogP contribution in [0.15, 0.2) is 243 Å².